The van der Waals surface area contributed by atoms with Gasteiger partial charge in [-0.25, -0.2) is 0 Å². The highest BCUT2D eigenvalue weighted by molar-refractivity contribution is 5.74. The number of hydrogen-bond donors (Lipinski definition) is 0. The van der Waals surface area contributed by atoms with E-state index in [1.165, 1.54) is 101 Å². The van der Waals surface area contributed by atoms with Crippen LogP contribution in [0.15, 0.2) is 42.6 Å². The topological polar surface area (TPSA) is 48.6 Å². The number of hydrogen-bond acceptors (Lipinski definition) is 4. The first-order valence-corrected chi connectivity index (χ1v) is 17.1. The molecule has 2 atom stereocenters. The van der Waals surface area contributed by atoms with Crippen molar-refractivity contribution in [3.63, 3.8) is 0 Å². The Kier molecular flexibility index (Phi) is 17.7. The quantitative estimate of drug-likeness (QED) is 0.0719. The first kappa shape index (κ1) is 33.5. The summed E-state index contributed by atoms with van der Waals surface area (Å²) in [6.07, 6.45) is 26.8. The second-order valence-electron chi connectivity index (χ2n) is 12.0. The van der Waals surface area contributed by atoms with Crippen molar-refractivity contribution in [3.8, 4) is 0 Å². The van der Waals surface area contributed by atoms with E-state index in [-0.39, 0.29) is 18.4 Å². The third-order valence-electron chi connectivity index (χ3n) is 8.35. The number of rotatable bonds is 24. The second-order valence-corrected chi connectivity index (χ2v) is 12.0. The van der Waals surface area contributed by atoms with Gasteiger partial charge >= 0.3 is 5.97 Å². The van der Waals surface area contributed by atoms with Crippen molar-refractivity contribution in [1.82, 2.24) is 0 Å². The number of nitrogens with zero attached hydrogens (tertiary/aromatic N) is 1. The normalized spacial score (nSPS) is 16.9. The highest BCUT2D eigenvalue weighted by Crippen LogP contribution is 2.19. The largest absolute Gasteiger partial charge is 0.463 e. The summed E-state index contributed by atoms with van der Waals surface area (Å²) < 4.78 is 19.5. The van der Waals surface area contributed by atoms with E-state index in [4.69, 9.17) is 14.2 Å². The minimum Gasteiger partial charge on any atom is -0.463 e. The molecule has 0 aliphatic carbocycles. The Morgan fingerprint density at radius 2 is 1.39 bits per heavy atom. The van der Waals surface area contributed by atoms with Crippen molar-refractivity contribution in [1.29, 1.82) is 0 Å². The van der Waals surface area contributed by atoms with E-state index in [1.54, 1.807) is 0 Å². The van der Waals surface area contributed by atoms with Gasteiger partial charge in [0.1, 0.15) is 19.3 Å². The van der Waals surface area contributed by atoms with Crippen molar-refractivity contribution in [2.24, 2.45) is 0 Å². The Hall–Kier alpha value is -1.98. The number of aromatic nitrogens is 1. The van der Waals surface area contributed by atoms with E-state index < -0.39 is 0 Å². The Labute approximate surface area is 250 Å². The van der Waals surface area contributed by atoms with Gasteiger partial charge in [0.05, 0.1) is 6.61 Å². The van der Waals surface area contributed by atoms with Gasteiger partial charge in [0.25, 0.3) is 0 Å². The lowest BCUT2D eigenvalue weighted by molar-refractivity contribution is -0.671. The van der Waals surface area contributed by atoms with Crippen LogP contribution in [0.3, 0.4) is 0 Å². The van der Waals surface area contributed by atoms with Gasteiger partial charge in [0.2, 0.25) is 5.52 Å². The summed E-state index contributed by atoms with van der Waals surface area (Å²) in [5.41, 5.74) is 1.26. The highest BCUT2D eigenvalue weighted by Gasteiger charge is 2.26. The lowest BCUT2D eigenvalue weighted by Crippen LogP contribution is -2.33. The lowest BCUT2D eigenvalue weighted by Gasteiger charge is -2.12. The maximum absolute atomic E-state index is 12.2. The molecule has 3 rings (SSSR count). The molecule has 1 saturated heterocycles. The highest BCUT2D eigenvalue weighted by atomic mass is 16.7. The van der Waals surface area contributed by atoms with Crippen LogP contribution in [-0.4, -0.2) is 31.6 Å². The molecular formula is C36H58NO4+. The van der Waals surface area contributed by atoms with Gasteiger partial charge in [0.15, 0.2) is 12.5 Å². The molecule has 5 heteroatoms. The van der Waals surface area contributed by atoms with Gasteiger partial charge in [-0.2, -0.15) is 4.57 Å². The summed E-state index contributed by atoms with van der Waals surface area (Å²) in [7, 11) is 0. The zero-order chi connectivity index (χ0) is 28.8. The van der Waals surface area contributed by atoms with Gasteiger partial charge in [-0.3, -0.25) is 4.79 Å². The number of para-hydroxylation sites is 1. The van der Waals surface area contributed by atoms with Crippen LogP contribution in [0.25, 0.3) is 10.9 Å². The smallest absolute Gasteiger partial charge is 0.305 e. The first-order chi connectivity index (χ1) is 20.3. The Morgan fingerprint density at radius 1 is 0.780 bits per heavy atom. The van der Waals surface area contributed by atoms with E-state index in [0.29, 0.717) is 19.6 Å². The van der Waals surface area contributed by atoms with Gasteiger partial charge in [-0.15, -0.1) is 0 Å². The SMILES string of the molecule is CCCCCCCCCCCCCCCCC[C@@H]1OC[C@@H](COC(=O)CCCCC[n+]2cccc3ccccc32)O1. The minimum atomic E-state index is -0.132. The molecule has 5 nitrogen and oxygen atoms in total. The number of aryl methyl sites for hydroxylation is 1. The van der Waals surface area contributed by atoms with Crippen molar-refractivity contribution in [2.45, 2.75) is 154 Å². The van der Waals surface area contributed by atoms with Crippen LogP contribution in [0.4, 0.5) is 0 Å². The Morgan fingerprint density at radius 3 is 2.10 bits per heavy atom. The number of carbonyl (C=O) groups excluding carboxylic acids is 1. The molecule has 0 spiro atoms. The average molecular weight is 569 g/mol. The summed E-state index contributed by atoms with van der Waals surface area (Å²) >= 11 is 0. The van der Waals surface area contributed by atoms with Crippen LogP contribution in [0.2, 0.25) is 0 Å². The fraction of sp³-hybridized carbons (Fsp3) is 0.722. The fourth-order valence-corrected chi connectivity index (χ4v) is 5.83. The van der Waals surface area contributed by atoms with Crippen molar-refractivity contribution in [3.05, 3.63) is 42.6 Å². The number of fused-ring (bicyclic) bond motifs is 1. The molecular weight excluding hydrogens is 510 g/mol. The fourth-order valence-electron chi connectivity index (χ4n) is 5.83. The number of esters is 1. The maximum Gasteiger partial charge on any atom is 0.305 e. The predicted molar refractivity (Wildman–Crippen MR) is 168 cm³/mol. The molecule has 41 heavy (non-hydrogen) atoms. The van der Waals surface area contributed by atoms with Gasteiger partial charge in [-0.05, 0) is 37.8 Å². The zero-order valence-corrected chi connectivity index (χ0v) is 26.0. The van der Waals surface area contributed by atoms with Gasteiger partial charge in [-0.1, -0.05) is 109 Å². The summed E-state index contributed by atoms with van der Waals surface area (Å²) in [6, 6.07) is 12.7. The minimum absolute atomic E-state index is 0.122. The molecule has 2 aromatic rings. The molecule has 0 bridgehead atoms. The Bertz CT molecular complexity index is 943. The number of ether oxygens (including phenoxy) is 3. The van der Waals surface area contributed by atoms with Gasteiger partial charge < -0.3 is 14.2 Å². The third-order valence-corrected chi connectivity index (χ3v) is 8.35. The van der Waals surface area contributed by atoms with Gasteiger partial charge in [0, 0.05) is 30.4 Å². The maximum atomic E-state index is 12.2. The standard InChI is InChI=1S/C36H58NO4/c1-2-3-4-5-6-7-8-9-10-11-12-13-14-15-18-27-36-40-31-33(41-36)30-39-35(38)26-17-16-21-28-37-29-22-24-32-23-19-20-25-34(32)37/h19-20,22-25,29,33,36H,2-18,21,26-28,30-31H2,1H3/q+1/t33-,36-/m1/s1. The molecule has 2 heterocycles. The van der Waals surface area contributed by atoms with E-state index in [0.717, 1.165) is 38.6 Å². The molecule has 1 aliphatic heterocycles. The van der Waals surface area contributed by atoms with Crippen molar-refractivity contribution >= 4 is 16.9 Å². The van der Waals surface area contributed by atoms with Crippen LogP contribution in [0.5, 0.6) is 0 Å². The summed E-state index contributed by atoms with van der Waals surface area (Å²) in [4.78, 5) is 12.2. The second kappa shape index (κ2) is 21.7. The third kappa shape index (κ3) is 14.7. The number of carbonyl (C=O) groups is 1. The molecule has 1 fully saturated rings. The van der Waals surface area contributed by atoms with Crippen LogP contribution >= 0.6 is 0 Å². The van der Waals surface area contributed by atoms with E-state index in [9.17, 15) is 4.79 Å². The number of unbranched alkanes of at least 4 members (excludes halogenated alkanes) is 16. The molecule has 1 aromatic carbocycles. The number of pyridine rings is 1. The van der Waals surface area contributed by atoms with Crippen LogP contribution in [-0.2, 0) is 25.5 Å². The van der Waals surface area contributed by atoms with E-state index in [2.05, 4.69) is 54.1 Å². The molecule has 1 aromatic heterocycles. The molecule has 0 amide bonds. The van der Waals surface area contributed by atoms with E-state index >= 15 is 0 Å². The molecule has 0 unspecified atom stereocenters. The van der Waals surface area contributed by atoms with Crippen LogP contribution < -0.4 is 4.57 Å². The summed E-state index contributed by atoms with van der Waals surface area (Å²) in [5, 5.41) is 1.26. The zero-order valence-electron chi connectivity index (χ0n) is 26.0. The van der Waals surface area contributed by atoms with Crippen molar-refractivity contribution in [2.75, 3.05) is 13.2 Å². The summed E-state index contributed by atoms with van der Waals surface area (Å²) in [6.45, 7) is 4.08. The molecule has 230 valence electrons. The van der Waals surface area contributed by atoms with Crippen LogP contribution in [0.1, 0.15) is 135 Å². The molecule has 0 saturated carbocycles. The monoisotopic (exact) mass is 568 g/mol. The lowest BCUT2D eigenvalue weighted by atomic mass is 10.0. The van der Waals surface area contributed by atoms with E-state index in [1.807, 2.05) is 0 Å². The first-order valence-electron chi connectivity index (χ1n) is 17.1. The Balaban J connectivity index is 1.08. The molecule has 0 radical (unpaired) electrons. The average Bonchev–Trinajstić information content (AvgIpc) is 3.45. The molecule has 1 aliphatic rings. The van der Waals surface area contributed by atoms with Crippen molar-refractivity contribution < 1.29 is 23.6 Å². The van der Waals surface area contributed by atoms with Crippen LogP contribution in [0, 0.1) is 0 Å². The molecule has 0 N–H and O–H groups in total. The predicted octanol–water partition coefficient (Wildman–Crippen LogP) is 9.23. The number of benzene rings is 1. The summed E-state index contributed by atoms with van der Waals surface area (Å²) in [5.74, 6) is -0.128.